The van der Waals surface area contributed by atoms with E-state index in [0.717, 1.165) is 48.0 Å². The molecule has 1 aliphatic heterocycles. The third-order valence-corrected chi connectivity index (χ3v) is 5.31. The number of nitrogens with two attached hydrogens (primary N) is 1. The Kier molecular flexibility index (Phi) is 4.21. The number of fused-ring (bicyclic) bond motifs is 1. The second-order valence-corrected chi connectivity index (χ2v) is 7.57. The Hall–Kier alpha value is -3.56. The van der Waals surface area contributed by atoms with Crippen LogP contribution < -0.4 is 16.4 Å². The molecule has 6 nitrogen and oxygen atoms in total. The van der Waals surface area contributed by atoms with Crippen LogP contribution >= 0.6 is 0 Å². The quantitative estimate of drug-likeness (QED) is 0.537. The van der Waals surface area contributed by atoms with Crippen molar-refractivity contribution in [3.63, 3.8) is 0 Å². The van der Waals surface area contributed by atoms with Gasteiger partial charge in [-0.2, -0.15) is 18.2 Å². The van der Waals surface area contributed by atoms with Crippen molar-refractivity contribution in [2.24, 2.45) is 10.7 Å². The fourth-order valence-corrected chi connectivity index (χ4v) is 3.68. The van der Waals surface area contributed by atoms with Crippen LogP contribution in [0.2, 0.25) is 0 Å². The minimum atomic E-state index is -4.45. The second kappa shape index (κ2) is 6.73. The van der Waals surface area contributed by atoms with Gasteiger partial charge in [0.2, 0.25) is 0 Å². The van der Waals surface area contributed by atoms with Crippen LogP contribution in [-0.2, 0) is 12.1 Å². The van der Waals surface area contributed by atoms with Crippen molar-refractivity contribution >= 4 is 22.6 Å². The normalized spacial score (nSPS) is 21.4. The first kappa shape index (κ1) is 19.4. The zero-order chi connectivity index (χ0) is 21.8. The van der Waals surface area contributed by atoms with Gasteiger partial charge in [-0.3, -0.25) is 4.57 Å². The van der Waals surface area contributed by atoms with Crippen LogP contribution in [0.5, 0.6) is 0 Å². The summed E-state index contributed by atoms with van der Waals surface area (Å²) < 4.78 is 54.7. The number of amidine groups is 1. The van der Waals surface area contributed by atoms with Crippen molar-refractivity contribution in [2.75, 3.05) is 5.32 Å². The molecule has 0 spiro atoms. The summed E-state index contributed by atoms with van der Waals surface area (Å²) in [5.41, 5.74) is 6.84. The summed E-state index contributed by atoms with van der Waals surface area (Å²) in [6.07, 6.45) is -1.47. The molecule has 1 aliphatic carbocycles. The van der Waals surface area contributed by atoms with E-state index in [2.05, 4.69) is 15.6 Å². The number of hydrogen-bond acceptors (Lipinski definition) is 5. The number of benzene rings is 2. The predicted octanol–water partition coefficient (Wildman–Crippen LogP) is 4.38. The zero-order valence-electron chi connectivity index (χ0n) is 16.1. The standard InChI is InChI=1S/C21H18F4N6/c22-15-11-27-21(30-18(15)26,29-14-9-7-13(8-10-14)20(23,24)25)31-17-4-2-1-3-16(17)28-19(31)12-5-6-12/h1-4,7-12,27,29H,5-6H2,(H2,26,30). The van der Waals surface area contributed by atoms with E-state index < -0.39 is 23.5 Å². The Morgan fingerprint density at radius 3 is 2.45 bits per heavy atom. The topological polar surface area (TPSA) is 80.3 Å². The summed E-state index contributed by atoms with van der Waals surface area (Å²) in [6, 6.07) is 11.9. The first-order valence-corrected chi connectivity index (χ1v) is 9.69. The van der Waals surface area contributed by atoms with Crippen LogP contribution in [0.1, 0.15) is 30.1 Å². The lowest BCUT2D eigenvalue weighted by atomic mass is 10.2. The van der Waals surface area contributed by atoms with Gasteiger partial charge in [0.1, 0.15) is 5.82 Å². The van der Waals surface area contributed by atoms with Gasteiger partial charge in [0.05, 0.1) is 16.6 Å². The summed E-state index contributed by atoms with van der Waals surface area (Å²) in [5.74, 6) is -1.64. The summed E-state index contributed by atoms with van der Waals surface area (Å²) >= 11 is 0. The molecule has 0 radical (unpaired) electrons. The van der Waals surface area contributed by atoms with Crippen LogP contribution in [0.15, 0.2) is 65.6 Å². The number of alkyl halides is 3. The Morgan fingerprint density at radius 1 is 1.10 bits per heavy atom. The van der Waals surface area contributed by atoms with Gasteiger partial charge in [-0.05, 0) is 49.2 Å². The molecule has 1 saturated carbocycles. The molecule has 0 amide bonds. The van der Waals surface area contributed by atoms with Gasteiger partial charge < -0.3 is 16.4 Å². The van der Waals surface area contributed by atoms with Gasteiger partial charge in [0.15, 0.2) is 11.7 Å². The minimum absolute atomic E-state index is 0.202. The van der Waals surface area contributed by atoms with E-state index in [-0.39, 0.29) is 11.8 Å². The lowest BCUT2D eigenvalue weighted by molar-refractivity contribution is -0.137. The number of halogens is 4. The average molecular weight is 430 g/mol. The second-order valence-electron chi connectivity index (χ2n) is 7.57. The number of aliphatic imine (C=N–C) groups is 1. The predicted molar refractivity (Wildman–Crippen MR) is 109 cm³/mol. The van der Waals surface area contributed by atoms with E-state index in [9.17, 15) is 17.6 Å². The number of imidazole rings is 1. The van der Waals surface area contributed by atoms with Crippen LogP contribution in [-0.4, -0.2) is 15.4 Å². The number of nitrogens with one attached hydrogen (secondary N) is 2. The molecule has 1 unspecified atom stereocenters. The van der Waals surface area contributed by atoms with Crippen LogP contribution in [0.3, 0.4) is 0 Å². The maximum absolute atomic E-state index is 14.0. The number of anilines is 1. The lowest BCUT2D eigenvalue weighted by Crippen LogP contribution is -2.54. The number of rotatable bonds is 4. The number of hydrogen-bond donors (Lipinski definition) is 3. The monoisotopic (exact) mass is 430 g/mol. The minimum Gasteiger partial charge on any atom is -0.381 e. The van der Waals surface area contributed by atoms with Crippen LogP contribution in [0.4, 0.5) is 23.2 Å². The molecule has 2 heterocycles. The number of aromatic nitrogens is 2. The Labute approximate surface area is 174 Å². The fraction of sp³-hybridized carbons (Fsp3) is 0.238. The molecular formula is C21H18F4N6. The van der Waals surface area contributed by atoms with E-state index >= 15 is 0 Å². The van der Waals surface area contributed by atoms with E-state index in [4.69, 9.17) is 10.7 Å². The van der Waals surface area contributed by atoms with E-state index in [1.165, 1.54) is 12.1 Å². The van der Waals surface area contributed by atoms with Crippen molar-refractivity contribution in [2.45, 2.75) is 30.8 Å². The lowest BCUT2D eigenvalue weighted by Gasteiger charge is -2.37. The Bertz CT molecular complexity index is 1210. The Balaban J connectivity index is 1.66. The molecule has 1 atom stereocenters. The van der Waals surface area contributed by atoms with E-state index in [1.54, 1.807) is 4.57 Å². The van der Waals surface area contributed by atoms with Crippen molar-refractivity contribution in [3.8, 4) is 0 Å². The summed E-state index contributed by atoms with van der Waals surface area (Å²) in [7, 11) is 0. The smallest absolute Gasteiger partial charge is 0.381 e. The molecule has 2 aromatic carbocycles. The molecule has 1 fully saturated rings. The molecule has 1 aromatic heterocycles. The largest absolute Gasteiger partial charge is 0.416 e. The van der Waals surface area contributed by atoms with Crippen molar-refractivity contribution in [1.29, 1.82) is 0 Å². The summed E-state index contributed by atoms with van der Waals surface area (Å²) in [5, 5.41) is 6.02. The van der Waals surface area contributed by atoms with Crippen LogP contribution in [0.25, 0.3) is 11.0 Å². The number of para-hydroxylation sites is 2. The summed E-state index contributed by atoms with van der Waals surface area (Å²) in [4.78, 5) is 9.09. The molecule has 5 rings (SSSR count). The SMILES string of the molecule is NC1=NC(Nc2ccc(C(F)(F)F)cc2)(n2c(C3CC3)nc3ccccc32)NC=C1F. The van der Waals surface area contributed by atoms with E-state index in [0.29, 0.717) is 5.69 Å². The molecule has 0 saturated heterocycles. The highest BCUT2D eigenvalue weighted by atomic mass is 19.4. The van der Waals surface area contributed by atoms with Crippen LogP contribution in [0, 0.1) is 0 Å². The highest BCUT2D eigenvalue weighted by Gasteiger charge is 2.42. The molecule has 160 valence electrons. The molecule has 2 aliphatic rings. The van der Waals surface area contributed by atoms with Gasteiger partial charge in [0, 0.05) is 17.8 Å². The summed E-state index contributed by atoms with van der Waals surface area (Å²) in [6.45, 7) is 0. The first-order chi connectivity index (χ1) is 14.8. The van der Waals surface area contributed by atoms with E-state index in [1.807, 2.05) is 24.3 Å². The van der Waals surface area contributed by atoms with Gasteiger partial charge in [-0.1, -0.05) is 12.1 Å². The molecular weight excluding hydrogens is 412 g/mol. The number of nitrogens with zero attached hydrogens (tertiary/aromatic N) is 3. The molecule has 4 N–H and O–H groups in total. The zero-order valence-corrected chi connectivity index (χ0v) is 16.1. The van der Waals surface area contributed by atoms with Gasteiger partial charge in [0.25, 0.3) is 5.91 Å². The van der Waals surface area contributed by atoms with Gasteiger partial charge in [-0.15, -0.1) is 0 Å². The highest BCUT2D eigenvalue weighted by molar-refractivity contribution is 5.95. The molecule has 10 heteroatoms. The molecule has 31 heavy (non-hydrogen) atoms. The highest BCUT2D eigenvalue weighted by Crippen LogP contribution is 2.43. The van der Waals surface area contributed by atoms with Crippen molar-refractivity contribution in [1.82, 2.24) is 14.9 Å². The average Bonchev–Trinajstić information content (AvgIpc) is 3.50. The fourth-order valence-electron chi connectivity index (χ4n) is 3.68. The molecule has 0 bridgehead atoms. The third kappa shape index (κ3) is 3.37. The third-order valence-electron chi connectivity index (χ3n) is 5.31. The molecule has 3 aromatic rings. The first-order valence-electron chi connectivity index (χ1n) is 9.69. The Morgan fingerprint density at radius 2 is 1.81 bits per heavy atom. The van der Waals surface area contributed by atoms with Crippen molar-refractivity contribution < 1.29 is 17.6 Å². The maximum atomic E-state index is 14.0. The van der Waals surface area contributed by atoms with Gasteiger partial charge >= 0.3 is 6.18 Å². The van der Waals surface area contributed by atoms with Gasteiger partial charge in [-0.25, -0.2) is 9.37 Å². The maximum Gasteiger partial charge on any atom is 0.416 e. The van der Waals surface area contributed by atoms with Crippen molar-refractivity contribution in [3.05, 3.63) is 71.9 Å².